The van der Waals surface area contributed by atoms with Gasteiger partial charge in [0.2, 0.25) is 0 Å². The molecule has 0 heterocycles. The average Bonchev–Trinajstić information content (AvgIpc) is 2.37. The van der Waals surface area contributed by atoms with E-state index in [2.05, 4.69) is 10.6 Å². The van der Waals surface area contributed by atoms with Crippen molar-refractivity contribution in [3.8, 4) is 0 Å². The quantitative estimate of drug-likeness (QED) is 0.809. The second-order valence-electron chi connectivity index (χ2n) is 4.02. The maximum Gasteiger partial charge on any atom is 0.175 e. The zero-order chi connectivity index (χ0) is 13.8. The highest BCUT2D eigenvalue weighted by molar-refractivity contribution is 7.80. The summed E-state index contributed by atoms with van der Waals surface area (Å²) in [6.07, 6.45) is 0. The first-order chi connectivity index (χ1) is 9.06. The Bertz CT molecular complexity index is 614. The Morgan fingerprint density at radius 2 is 1.74 bits per heavy atom. The molecule has 0 unspecified atom stereocenters. The highest BCUT2D eigenvalue weighted by Crippen LogP contribution is 2.16. The smallest absolute Gasteiger partial charge is 0.175 e. The third-order valence-electron chi connectivity index (χ3n) is 2.55. The average molecular weight is 278 g/mol. The van der Waals surface area contributed by atoms with E-state index >= 15 is 0 Å². The topological polar surface area (TPSA) is 24.1 Å². The summed E-state index contributed by atoms with van der Waals surface area (Å²) in [6, 6.07) is 10.9. The van der Waals surface area contributed by atoms with E-state index in [9.17, 15) is 8.78 Å². The molecular weight excluding hydrogens is 266 g/mol. The van der Waals surface area contributed by atoms with Gasteiger partial charge in [-0.25, -0.2) is 8.78 Å². The van der Waals surface area contributed by atoms with Crippen molar-refractivity contribution in [2.45, 2.75) is 6.92 Å². The van der Waals surface area contributed by atoms with Gasteiger partial charge >= 0.3 is 0 Å². The summed E-state index contributed by atoms with van der Waals surface area (Å²) in [5, 5.41) is 5.72. The van der Waals surface area contributed by atoms with E-state index in [0.29, 0.717) is 11.3 Å². The van der Waals surface area contributed by atoms with Crippen molar-refractivity contribution in [1.82, 2.24) is 0 Å². The van der Waals surface area contributed by atoms with Gasteiger partial charge in [-0.2, -0.15) is 0 Å². The molecule has 0 fully saturated rings. The Morgan fingerprint density at radius 1 is 1.00 bits per heavy atom. The maximum atomic E-state index is 13.4. The van der Waals surface area contributed by atoms with Crippen LogP contribution in [-0.4, -0.2) is 5.11 Å². The van der Waals surface area contributed by atoms with Crippen LogP contribution >= 0.6 is 12.2 Å². The lowest BCUT2D eigenvalue weighted by atomic mass is 10.2. The molecule has 0 aromatic heterocycles. The number of hydrogen-bond acceptors (Lipinski definition) is 1. The number of anilines is 2. The van der Waals surface area contributed by atoms with Crippen LogP contribution in [0, 0.1) is 18.6 Å². The lowest BCUT2D eigenvalue weighted by molar-refractivity contribution is 0.619. The summed E-state index contributed by atoms with van der Waals surface area (Å²) < 4.78 is 26.8. The Labute approximate surface area is 115 Å². The molecule has 0 aliphatic heterocycles. The molecule has 2 N–H and O–H groups in total. The van der Waals surface area contributed by atoms with Crippen LogP contribution in [0.25, 0.3) is 0 Å². The summed E-state index contributed by atoms with van der Waals surface area (Å²) in [4.78, 5) is 0. The minimum absolute atomic E-state index is 0.202. The molecule has 19 heavy (non-hydrogen) atoms. The molecule has 5 heteroatoms. The van der Waals surface area contributed by atoms with E-state index in [-0.39, 0.29) is 16.6 Å². The molecule has 0 saturated carbocycles. The number of hydrogen-bond donors (Lipinski definition) is 2. The number of para-hydroxylation sites is 1. The second-order valence-corrected chi connectivity index (χ2v) is 4.43. The Kier molecular flexibility index (Phi) is 4.06. The van der Waals surface area contributed by atoms with Gasteiger partial charge in [0.25, 0.3) is 0 Å². The number of rotatable bonds is 2. The van der Waals surface area contributed by atoms with E-state index in [4.69, 9.17) is 12.2 Å². The minimum atomic E-state index is -0.401. The minimum Gasteiger partial charge on any atom is -0.332 e. The van der Waals surface area contributed by atoms with E-state index in [1.165, 1.54) is 12.1 Å². The molecule has 2 nitrogen and oxygen atoms in total. The number of nitrogens with one attached hydrogen (secondary N) is 2. The van der Waals surface area contributed by atoms with E-state index < -0.39 is 5.82 Å². The molecule has 2 aromatic carbocycles. The second kappa shape index (κ2) is 5.75. The lowest BCUT2D eigenvalue weighted by Crippen LogP contribution is -2.19. The molecule has 0 saturated heterocycles. The largest absolute Gasteiger partial charge is 0.332 e. The number of benzene rings is 2. The molecule has 98 valence electrons. The summed E-state index contributed by atoms with van der Waals surface area (Å²) >= 11 is 5.04. The fourth-order valence-corrected chi connectivity index (χ4v) is 1.75. The van der Waals surface area contributed by atoms with Gasteiger partial charge in [0, 0.05) is 5.69 Å². The van der Waals surface area contributed by atoms with Crippen molar-refractivity contribution in [3.05, 3.63) is 59.7 Å². The first kappa shape index (κ1) is 13.4. The van der Waals surface area contributed by atoms with Crippen LogP contribution in [-0.2, 0) is 0 Å². The molecule has 0 aliphatic carbocycles. The summed E-state index contributed by atoms with van der Waals surface area (Å²) in [7, 11) is 0. The van der Waals surface area contributed by atoms with E-state index in [1.807, 2.05) is 0 Å². The zero-order valence-corrected chi connectivity index (χ0v) is 11.0. The molecule has 0 amide bonds. The lowest BCUT2D eigenvalue weighted by Gasteiger charge is -2.11. The summed E-state index contributed by atoms with van der Waals surface area (Å²) in [5.74, 6) is -0.722. The van der Waals surface area contributed by atoms with Gasteiger partial charge in [-0.05, 0) is 49.0 Å². The van der Waals surface area contributed by atoms with Crippen molar-refractivity contribution in [3.63, 3.8) is 0 Å². The number of halogens is 2. The Balaban J connectivity index is 2.05. The van der Waals surface area contributed by atoms with Crippen LogP contribution in [0.3, 0.4) is 0 Å². The molecule has 0 atom stereocenters. The third-order valence-corrected chi connectivity index (χ3v) is 2.76. The predicted octanol–water partition coefficient (Wildman–Crippen LogP) is 4.08. The molecule has 0 radical (unpaired) electrons. The first-order valence-electron chi connectivity index (χ1n) is 5.65. The fraction of sp³-hybridized carbons (Fsp3) is 0.0714. The van der Waals surface area contributed by atoms with Gasteiger partial charge < -0.3 is 10.6 Å². The van der Waals surface area contributed by atoms with Crippen molar-refractivity contribution in [2.24, 2.45) is 0 Å². The number of aryl methyl sites for hydroxylation is 1. The summed E-state index contributed by atoms with van der Waals surface area (Å²) in [6.45, 7) is 1.68. The molecule has 2 aromatic rings. The van der Waals surface area contributed by atoms with Crippen molar-refractivity contribution in [2.75, 3.05) is 10.6 Å². The Hall–Kier alpha value is -2.01. The SMILES string of the molecule is Cc1ccc(NC(=S)Nc2ccccc2F)cc1F. The van der Waals surface area contributed by atoms with E-state index in [1.54, 1.807) is 37.3 Å². The standard InChI is InChI=1S/C14H12F2N2S/c1-9-6-7-10(8-12(9)16)17-14(19)18-13-5-3-2-4-11(13)15/h2-8H,1H3,(H2,17,18,19). The van der Waals surface area contributed by atoms with Gasteiger partial charge in [-0.3, -0.25) is 0 Å². The van der Waals surface area contributed by atoms with Gasteiger partial charge in [0.15, 0.2) is 5.11 Å². The van der Waals surface area contributed by atoms with Crippen LogP contribution < -0.4 is 10.6 Å². The van der Waals surface area contributed by atoms with Crippen LogP contribution in [0.2, 0.25) is 0 Å². The third kappa shape index (κ3) is 3.48. The monoisotopic (exact) mass is 278 g/mol. The molecular formula is C14H12F2N2S. The van der Waals surface area contributed by atoms with Crippen molar-refractivity contribution in [1.29, 1.82) is 0 Å². The Morgan fingerprint density at radius 3 is 2.42 bits per heavy atom. The van der Waals surface area contributed by atoms with Crippen LogP contribution in [0.15, 0.2) is 42.5 Å². The van der Waals surface area contributed by atoms with Crippen LogP contribution in [0.1, 0.15) is 5.56 Å². The van der Waals surface area contributed by atoms with E-state index in [0.717, 1.165) is 0 Å². The molecule has 0 spiro atoms. The zero-order valence-electron chi connectivity index (χ0n) is 10.2. The van der Waals surface area contributed by atoms with Gasteiger partial charge in [-0.15, -0.1) is 0 Å². The van der Waals surface area contributed by atoms with Crippen molar-refractivity contribution < 1.29 is 8.78 Å². The number of thiocarbonyl (C=S) groups is 1. The highest BCUT2D eigenvalue weighted by atomic mass is 32.1. The molecule has 0 aliphatic rings. The predicted molar refractivity (Wildman–Crippen MR) is 77.4 cm³/mol. The normalized spacial score (nSPS) is 10.1. The maximum absolute atomic E-state index is 13.4. The highest BCUT2D eigenvalue weighted by Gasteiger charge is 2.04. The van der Waals surface area contributed by atoms with Gasteiger partial charge in [0.05, 0.1) is 5.69 Å². The van der Waals surface area contributed by atoms with Gasteiger partial charge in [0.1, 0.15) is 11.6 Å². The van der Waals surface area contributed by atoms with Gasteiger partial charge in [-0.1, -0.05) is 18.2 Å². The van der Waals surface area contributed by atoms with Crippen LogP contribution in [0.4, 0.5) is 20.2 Å². The van der Waals surface area contributed by atoms with Crippen LogP contribution in [0.5, 0.6) is 0 Å². The first-order valence-corrected chi connectivity index (χ1v) is 6.06. The summed E-state index contributed by atoms with van der Waals surface area (Å²) in [5.41, 5.74) is 1.34. The fourth-order valence-electron chi connectivity index (χ4n) is 1.52. The molecule has 0 bridgehead atoms. The molecule has 2 rings (SSSR count). The van der Waals surface area contributed by atoms with Crippen molar-refractivity contribution >= 4 is 28.7 Å².